The second kappa shape index (κ2) is 18.7. The fraction of sp³-hybridized carbons (Fsp3) is 0.469. The first-order chi connectivity index (χ1) is 25.2. The largest absolute Gasteiger partial charge is 0.512 e. The molecule has 0 spiro atoms. The molecule has 3 nitrogen and oxygen atoms in total. The number of hydrogen-bond donors (Lipinski definition) is 1. The van der Waals surface area contributed by atoms with Gasteiger partial charge in [-0.25, -0.2) is 0 Å². The third kappa shape index (κ3) is 9.63. The maximum absolute atomic E-state index is 11.7. The van der Waals surface area contributed by atoms with Gasteiger partial charge in [0.1, 0.15) is 8.07 Å². The van der Waals surface area contributed by atoms with Crippen LogP contribution in [0.3, 0.4) is 0 Å². The van der Waals surface area contributed by atoms with Crippen LogP contribution in [-0.4, -0.2) is 23.9 Å². The number of ketones is 1. The molecule has 1 aliphatic carbocycles. The van der Waals surface area contributed by atoms with E-state index in [1.165, 1.54) is 75.2 Å². The first-order valence-electron chi connectivity index (χ1n) is 20.5. The van der Waals surface area contributed by atoms with Gasteiger partial charge >= 0.3 is 0 Å². The number of aliphatic hydroxyl groups excluding tert-OH is 1. The Morgan fingerprint density at radius 2 is 1.54 bits per heavy atom. The standard InChI is InChI=1S/C36H40NSi.C13H24O2.Ir/c1-24(2)32-22-30(21-28-9-7-8-10-31(28)32)34-35-29(17-20-37-34)23-33(38(35,5)6)27-13-11-25(12-14-27)26-15-18-36(3,4)19-16-26;1-5-10(6-2)12(14)9-13(15)11(7-3)8-4;/h7-14,17,20,22-24,26H,15-16,18-19H2,1-6H3;9-11,14H,5-8H2,1-4H3;/q-1;;/b;12-9-;. The van der Waals surface area contributed by atoms with Crippen LogP contribution in [-0.2, 0) is 24.9 Å². The van der Waals surface area contributed by atoms with E-state index in [2.05, 4.69) is 114 Å². The number of hydrogen-bond acceptors (Lipinski definition) is 3. The van der Waals surface area contributed by atoms with E-state index in [1.807, 2.05) is 33.9 Å². The Hall–Kier alpha value is -3.11. The molecule has 4 aromatic rings. The Morgan fingerprint density at radius 3 is 2.13 bits per heavy atom. The summed E-state index contributed by atoms with van der Waals surface area (Å²) in [7, 11) is -1.97. The van der Waals surface area contributed by atoms with Gasteiger partial charge in [0, 0.05) is 49.9 Å². The van der Waals surface area contributed by atoms with Gasteiger partial charge in [-0.1, -0.05) is 133 Å². The van der Waals surface area contributed by atoms with E-state index in [0.29, 0.717) is 17.3 Å². The summed E-state index contributed by atoms with van der Waals surface area (Å²) in [5.41, 5.74) is 8.39. The molecule has 0 saturated heterocycles. The summed E-state index contributed by atoms with van der Waals surface area (Å²) in [4.78, 5) is 16.7. The average molecular weight is 919 g/mol. The normalized spacial score (nSPS) is 16.5. The summed E-state index contributed by atoms with van der Waals surface area (Å²) in [6.45, 7) is 22.5. The number of aromatic nitrogens is 1. The third-order valence-electron chi connectivity index (χ3n) is 12.4. The fourth-order valence-corrected chi connectivity index (χ4v) is 12.0. The summed E-state index contributed by atoms with van der Waals surface area (Å²) in [6.07, 6.45) is 14.6. The number of benzene rings is 3. The molecule has 1 radical (unpaired) electrons. The minimum Gasteiger partial charge on any atom is -0.512 e. The van der Waals surface area contributed by atoms with Crippen molar-refractivity contribution in [3.8, 4) is 11.3 Å². The topological polar surface area (TPSA) is 50.2 Å². The SMILES string of the molecule is CC(C)c1cc(-c2nccc3c2[Si](C)(C)C(c2ccc(C4CCC(C)(C)CC4)cc2)=C3)[c-]c2ccccc12.CCC(CC)C(=O)/C=C(\O)C(CC)CC.[Ir]. The van der Waals surface area contributed by atoms with Gasteiger partial charge in [0.25, 0.3) is 0 Å². The van der Waals surface area contributed by atoms with Gasteiger partial charge in [0.2, 0.25) is 0 Å². The minimum atomic E-state index is -1.97. The Labute approximate surface area is 341 Å². The number of rotatable bonds is 11. The van der Waals surface area contributed by atoms with Crippen molar-refractivity contribution in [3.63, 3.8) is 0 Å². The van der Waals surface area contributed by atoms with Crippen molar-refractivity contribution in [1.82, 2.24) is 4.98 Å². The molecule has 1 aliphatic heterocycles. The molecule has 6 rings (SSSR count). The number of aliphatic hydroxyl groups is 1. The van der Waals surface area contributed by atoms with E-state index < -0.39 is 8.07 Å². The zero-order valence-corrected chi connectivity index (χ0v) is 38.0. The van der Waals surface area contributed by atoms with Crippen LogP contribution in [0.1, 0.15) is 141 Å². The predicted octanol–water partition coefficient (Wildman–Crippen LogP) is 13.4. The number of carbonyl (C=O) groups is 1. The summed E-state index contributed by atoms with van der Waals surface area (Å²) < 4.78 is 0. The summed E-state index contributed by atoms with van der Waals surface area (Å²) >= 11 is 0. The van der Waals surface area contributed by atoms with Crippen molar-refractivity contribution >= 4 is 41.1 Å². The van der Waals surface area contributed by atoms with Crippen molar-refractivity contribution in [2.75, 3.05) is 0 Å². The van der Waals surface area contributed by atoms with Crippen molar-refractivity contribution in [2.24, 2.45) is 17.3 Å². The number of pyridine rings is 1. The number of carbonyl (C=O) groups excluding carboxylic acids is 1. The maximum Gasteiger partial charge on any atom is 0.162 e. The second-order valence-corrected chi connectivity index (χ2v) is 21.5. The quantitative estimate of drug-likeness (QED) is 0.0706. The molecule has 2 aliphatic rings. The molecule has 5 heteroatoms. The molecule has 1 aromatic heterocycles. The van der Waals surface area contributed by atoms with Crippen LogP contribution in [0.15, 0.2) is 78.7 Å². The van der Waals surface area contributed by atoms with Crippen LogP contribution in [0.2, 0.25) is 13.1 Å². The third-order valence-corrected chi connectivity index (χ3v) is 15.9. The summed E-state index contributed by atoms with van der Waals surface area (Å²) in [5, 5.41) is 15.2. The second-order valence-electron chi connectivity index (χ2n) is 17.2. The molecule has 1 saturated carbocycles. The van der Waals surface area contributed by atoms with Crippen LogP contribution >= 0.6 is 0 Å². The molecule has 1 fully saturated rings. The number of allylic oxidation sites excluding steroid dienone is 2. The van der Waals surface area contributed by atoms with E-state index >= 15 is 0 Å². The number of nitrogens with zero attached hydrogens (tertiary/aromatic N) is 1. The smallest absolute Gasteiger partial charge is 0.162 e. The van der Waals surface area contributed by atoms with Crippen LogP contribution in [0.5, 0.6) is 0 Å². The van der Waals surface area contributed by atoms with Crippen molar-refractivity contribution in [2.45, 2.75) is 132 Å². The Bertz CT molecular complexity index is 1940. The van der Waals surface area contributed by atoms with Gasteiger partial charge in [0.15, 0.2) is 5.78 Å². The monoisotopic (exact) mass is 919 g/mol. The molecule has 1 N–H and O–H groups in total. The van der Waals surface area contributed by atoms with E-state index in [4.69, 9.17) is 4.98 Å². The van der Waals surface area contributed by atoms with Gasteiger partial charge in [-0.05, 0) is 96.6 Å². The first-order valence-corrected chi connectivity index (χ1v) is 23.5. The molecule has 2 heterocycles. The molecular formula is C49H64IrNO2Si-. The molecule has 3 aromatic carbocycles. The van der Waals surface area contributed by atoms with Gasteiger partial charge in [-0.2, -0.15) is 0 Å². The average Bonchev–Trinajstić information content (AvgIpc) is 3.42. The molecule has 0 atom stereocenters. The van der Waals surface area contributed by atoms with E-state index in [0.717, 1.165) is 36.9 Å². The van der Waals surface area contributed by atoms with Crippen LogP contribution < -0.4 is 5.19 Å². The fourth-order valence-electron chi connectivity index (χ4n) is 8.68. The molecular weight excluding hydrogens is 855 g/mol. The van der Waals surface area contributed by atoms with Crippen molar-refractivity contribution in [3.05, 3.63) is 107 Å². The Kier molecular flexibility index (Phi) is 15.1. The van der Waals surface area contributed by atoms with E-state index in [9.17, 15) is 9.90 Å². The van der Waals surface area contributed by atoms with Gasteiger partial charge in [-0.3, -0.25) is 9.78 Å². The zero-order valence-electron chi connectivity index (χ0n) is 34.6. The Balaban J connectivity index is 0.000000347. The van der Waals surface area contributed by atoms with E-state index in [-0.39, 0.29) is 43.5 Å². The Morgan fingerprint density at radius 1 is 0.926 bits per heavy atom. The van der Waals surface area contributed by atoms with Crippen LogP contribution in [0.4, 0.5) is 0 Å². The zero-order chi connectivity index (χ0) is 38.5. The summed E-state index contributed by atoms with van der Waals surface area (Å²) in [6, 6.07) is 26.6. The van der Waals surface area contributed by atoms with Gasteiger partial charge in [-0.15, -0.1) is 29.1 Å². The minimum absolute atomic E-state index is 0. The first kappa shape index (κ1) is 43.6. The van der Waals surface area contributed by atoms with Gasteiger partial charge in [0.05, 0.1) is 5.76 Å². The number of fused-ring (bicyclic) bond motifs is 2. The molecule has 0 amide bonds. The molecule has 0 bridgehead atoms. The van der Waals surface area contributed by atoms with Crippen molar-refractivity contribution in [1.29, 1.82) is 0 Å². The van der Waals surface area contributed by atoms with Crippen molar-refractivity contribution < 1.29 is 30.0 Å². The molecule has 291 valence electrons. The van der Waals surface area contributed by atoms with Crippen LogP contribution in [0, 0.1) is 23.3 Å². The van der Waals surface area contributed by atoms with Gasteiger partial charge < -0.3 is 5.11 Å². The molecule has 54 heavy (non-hydrogen) atoms. The predicted molar refractivity (Wildman–Crippen MR) is 230 cm³/mol. The van der Waals surface area contributed by atoms with Crippen LogP contribution in [0.25, 0.3) is 33.3 Å². The molecule has 0 unspecified atom stereocenters. The maximum atomic E-state index is 11.7. The summed E-state index contributed by atoms with van der Waals surface area (Å²) in [5.74, 6) is 1.70. The van der Waals surface area contributed by atoms with E-state index in [1.54, 1.807) is 0 Å².